The second-order valence-electron chi connectivity index (χ2n) is 4.09. The van der Waals surface area contributed by atoms with Crippen LogP contribution in [0.3, 0.4) is 0 Å². The van der Waals surface area contributed by atoms with Crippen LogP contribution >= 0.6 is 11.3 Å². The van der Waals surface area contributed by atoms with E-state index in [2.05, 4.69) is 29.8 Å². The Hall–Kier alpha value is -0.380. The molecule has 2 rings (SSSR count). The minimum absolute atomic E-state index is 0.529. The molecule has 0 spiro atoms. The van der Waals surface area contributed by atoms with Crippen LogP contribution in [0.1, 0.15) is 30.7 Å². The molecule has 0 aromatic carbocycles. The summed E-state index contributed by atoms with van der Waals surface area (Å²) >= 11 is 1.85. The maximum Gasteiger partial charge on any atom is 0.0495 e. The molecule has 2 atom stereocenters. The van der Waals surface area contributed by atoms with Crippen LogP contribution in [0.15, 0.2) is 17.5 Å². The van der Waals surface area contributed by atoms with Crippen molar-refractivity contribution in [3.8, 4) is 0 Å². The van der Waals surface area contributed by atoms with Gasteiger partial charge in [0, 0.05) is 24.1 Å². The van der Waals surface area contributed by atoms with Gasteiger partial charge in [0.05, 0.1) is 0 Å². The Bertz CT molecular complexity index is 267. The van der Waals surface area contributed by atoms with E-state index < -0.39 is 0 Å². The van der Waals surface area contributed by atoms with Gasteiger partial charge >= 0.3 is 0 Å². The van der Waals surface area contributed by atoms with Crippen molar-refractivity contribution >= 4 is 11.3 Å². The molecule has 2 unspecified atom stereocenters. The first-order chi connectivity index (χ1) is 7.40. The average Bonchev–Trinajstić information content (AvgIpc) is 2.89. The molecule has 3 heteroatoms. The van der Waals surface area contributed by atoms with Crippen molar-refractivity contribution in [2.75, 3.05) is 19.8 Å². The highest BCUT2D eigenvalue weighted by Gasteiger charge is 2.21. The third kappa shape index (κ3) is 3.03. The van der Waals surface area contributed by atoms with Gasteiger partial charge in [0.15, 0.2) is 0 Å². The van der Waals surface area contributed by atoms with E-state index >= 15 is 0 Å². The van der Waals surface area contributed by atoms with E-state index in [1.165, 1.54) is 17.7 Å². The molecule has 1 fully saturated rings. The van der Waals surface area contributed by atoms with E-state index in [0.717, 1.165) is 25.7 Å². The highest BCUT2D eigenvalue weighted by Crippen LogP contribution is 2.28. The zero-order valence-corrected chi connectivity index (χ0v) is 10.1. The van der Waals surface area contributed by atoms with E-state index in [-0.39, 0.29) is 0 Å². The molecule has 15 heavy (non-hydrogen) atoms. The van der Waals surface area contributed by atoms with Crippen LogP contribution < -0.4 is 5.32 Å². The lowest BCUT2D eigenvalue weighted by atomic mass is 9.98. The molecule has 84 valence electrons. The molecule has 0 aliphatic carbocycles. The predicted octanol–water partition coefficient (Wildman–Crippen LogP) is 2.83. The van der Waals surface area contributed by atoms with Crippen LogP contribution in [0, 0.1) is 5.92 Å². The first-order valence-corrected chi connectivity index (χ1v) is 6.62. The molecule has 2 heterocycles. The Kier molecular flexibility index (Phi) is 4.18. The van der Waals surface area contributed by atoms with Gasteiger partial charge in [0.1, 0.15) is 0 Å². The maximum atomic E-state index is 5.43. The number of rotatable bonds is 5. The first kappa shape index (κ1) is 11.1. The molecule has 1 aliphatic rings. The molecule has 1 saturated heterocycles. The molecule has 0 bridgehead atoms. The van der Waals surface area contributed by atoms with Gasteiger partial charge in [-0.05, 0) is 36.8 Å². The van der Waals surface area contributed by atoms with Crippen LogP contribution in [-0.4, -0.2) is 19.8 Å². The molecule has 0 saturated carbocycles. The van der Waals surface area contributed by atoms with Gasteiger partial charge in [-0.15, -0.1) is 11.3 Å². The Labute approximate surface area is 95.6 Å². The molecular weight excluding hydrogens is 206 g/mol. The average molecular weight is 225 g/mol. The van der Waals surface area contributed by atoms with E-state index in [1.54, 1.807) is 0 Å². The van der Waals surface area contributed by atoms with Crippen molar-refractivity contribution in [1.82, 2.24) is 5.32 Å². The minimum Gasteiger partial charge on any atom is -0.381 e. The number of hydrogen-bond donors (Lipinski definition) is 1. The van der Waals surface area contributed by atoms with Crippen LogP contribution in [0.25, 0.3) is 0 Å². The fourth-order valence-electron chi connectivity index (χ4n) is 2.14. The van der Waals surface area contributed by atoms with Crippen LogP contribution in [0.5, 0.6) is 0 Å². The molecule has 1 aromatic heterocycles. The SMILES string of the molecule is CCNC(CC1CCOC1)c1cccs1. The summed E-state index contributed by atoms with van der Waals surface area (Å²) in [6, 6.07) is 4.89. The van der Waals surface area contributed by atoms with Crippen LogP contribution in [0.4, 0.5) is 0 Å². The third-order valence-electron chi connectivity index (χ3n) is 2.93. The van der Waals surface area contributed by atoms with Crippen molar-refractivity contribution in [3.63, 3.8) is 0 Å². The summed E-state index contributed by atoms with van der Waals surface area (Å²) in [5, 5.41) is 5.72. The summed E-state index contributed by atoms with van der Waals surface area (Å²) in [7, 11) is 0. The number of nitrogens with one attached hydrogen (secondary N) is 1. The zero-order chi connectivity index (χ0) is 10.5. The van der Waals surface area contributed by atoms with E-state index in [1.807, 2.05) is 11.3 Å². The Morgan fingerprint density at radius 2 is 2.60 bits per heavy atom. The quantitative estimate of drug-likeness (QED) is 0.832. The van der Waals surface area contributed by atoms with Crippen molar-refractivity contribution in [1.29, 1.82) is 0 Å². The summed E-state index contributed by atoms with van der Waals surface area (Å²) < 4.78 is 5.43. The lowest BCUT2D eigenvalue weighted by Gasteiger charge is -2.19. The summed E-state index contributed by atoms with van der Waals surface area (Å²) in [5.74, 6) is 0.746. The Morgan fingerprint density at radius 3 is 3.20 bits per heavy atom. The number of thiophene rings is 1. The fourth-order valence-corrected chi connectivity index (χ4v) is 2.95. The molecular formula is C12H19NOS. The lowest BCUT2D eigenvalue weighted by molar-refractivity contribution is 0.181. The largest absolute Gasteiger partial charge is 0.381 e. The lowest BCUT2D eigenvalue weighted by Crippen LogP contribution is -2.22. The van der Waals surface area contributed by atoms with Gasteiger partial charge in [-0.3, -0.25) is 0 Å². The van der Waals surface area contributed by atoms with Crippen molar-refractivity contribution in [2.24, 2.45) is 5.92 Å². The van der Waals surface area contributed by atoms with E-state index in [0.29, 0.717) is 6.04 Å². The van der Waals surface area contributed by atoms with Gasteiger partial charge in [0.2, 0.25) is 0 Å². The number of ether oxygens (including phenoxy) is 1. The molecule has 1 aliphatic heterocycles. The van der Waals surface area contributed by atoms with Gasteiger partial charge in [-0.2, -0.15) is 0 Å². The summed E-state index contributed by atoms with van der Waals surface area (Å²) in [6.07, 6.45) is 2.45. The van der Waals surface area contributed by atoms with Crippen LogP contribution in [-0.2, 0) is 4.74 Å². The second-order valence-corrected chi connectivity index (χ2v) is 5.07. The molecule has 0 amide bonds. The van der Waals surface area contributed by atoms with Gasteiger partial charge in [-0.25, -0.2) is 0 Å². The van der Waals surface area contributed by atoms with Crippen molar-refractivity contribution in [3.05, 3.63) is 22.4 Å². The molecule has 1 N–H and O–H groups in total. The van der Waals surface area contributed by atoms with Gasteiger partial charge in [0.25, 0.3) is 0 Å². The topological polar surface area (TPSA) is 21.3 Å². The summed E-state index contributed by atoms with van der Waals surface area (Å²) in [4.78, 5) is 1.46. The Balaban J connectivity index is 1.93. The fraction of sp³-hybridized carbons (Fsp3) is 0.667. The normalized spacial score (nSPS) is 23.1. The zero-order valence-electron chi connectivity index (χ0n) is 9.24. The van der Waals surface area contributed by atoms with Crippen molar-refractivity contribution in [2.45, 2.75) is 25.8 Å². The highest BCUT2D eigenvalue weighted by atomic mass is 32.1. The molecule has 0 radical (unpaired) electrons. The summed E-state index contributed by atoms with van der Waals surface area (Å²) in [5.41, 5.74) is 0. The van der Waals surface area contributed by atoms with E-state index in [4.69, 9.17) is 4.74 Å². The predicted molar refractivity (Wildman–Crippen MR) is 64.3 cm³/mol. The monoisotopic (exact) mass is 225 g/mol. The first-order valence-electron chi connectivity index (χ1n) is 5.74. The van der Waals surface area contributed by atoms with Gasteiger partial charge < -0.3 is 10.1 Å². The molecule has 1 aromatic rings. The maximum absolute atomic E-state index is 5.43. The minimum atomic E-state index is 0.529. The standard InChI is InChI=1S/C12H19NOS/c1-2-13-11(12-4-3-7-15-12)8-10-5-6-14-9-10/h3-4,7,10-11,13H,2,5-6,8-9H2,1H3. The number of hydrogen-bond acceptors (Lipinski definition) is 3. The van der Waals surface area contributed by atoms with E-state index in [9.17, 15) is 0 Å². The second kappa shape index (κ2) is 5.64. The third-order valence-corrected chi connectivity index (χ3v) is 3.92. The van der Waals surface area contributed by atoms with Crippen molar-refractivity contribution < 1.29 is 4.74 Å². The van der Waals surface area contributed by atoms with Crippen LogP contribution in [0.2, 0.25) is 0 Å². The molecule has 2 nitrogen and oxygen atoms in total. The smallest absolute Gasteiger partial charge is 0.0495 e. The summed E-state index contributed by atoms with van der Waals surface area (Å²) in [6.45, 7) is 5.11. The highest BCUT2D eigenvalue weighted by molar-refractivity contribution is 7.10. The van der Waals surface area contributed by atoms with Gasteiger partial charge in [-0.1, -0.05) is 13.0 Å². The Morgan fingerprint density at radius 1 is 1.67 bits per heavy atom.